The molecule has 1 aliphatic carbocycles. The Morgan fingerprint density at radius 2 is 1.68 bits per heavy atom. The predicted octanol–water partition coefficient (Wildman–Crippen LogP) is 0.672. The fraction of sp³-hybridized carbons (Fsp3) is 0.333. The van der Waals surface area contributed by atoms with E-state index in [0.717, 1.165) is 0 Å². The van der Waals surface area contributed by atoms with Gasteiger partial charge in [0.05, 0.1) is 0 Å². The van der Waals surface area contributed by atoms with E-state index < -0.39 is 8.07 Å². The quantitative estimate of drug-likeness (QED) is 0.326. The molecule has 5 rings (SSSR count). The molecule has 2 aliphatic rings. The van der Waals surface area contributed by atoms with Gasteiger partial charge in [-0.2, -0.15) is 35.5 Å². The van der Waals surface area contributed by atoms with E-state index >= 15 is 0 Å². The van der Waals surface area contributed by atoms with E-state index in [4.69, 9.17) is 0 Å². The number of allylic oxidation sites excluding steroid dienone is 1. The number of benzene rings is 2. The van der Waals surface area contributed by atoms with Crippen molar-refractivity contribution in [1.82, 2.24) is 0 Å². The summed E-state index contributed by atoms with van der Waals surface area (Å²) >= 11 is 0. The molecule has 4 heteroatoms. The Kier molecular flexibility index (Phi) is 11.1. The maximum Gasteiger partial charge on any atom is 4.00 e. The van der Waals surface area contributed by atoms with E-state index in [1.807, 2.05) is 0 Å². The molecule has 0 amide bonds. The summed E-state index contributed by atoms with van der Waals surface area (Å²) < 4.78 is 0. The zero-order valence-corrected chi connectivity index (χ0v) is 24.0. The van der Waals surface area contributed by atoms with E-state index in [2.05, 4.69) is 93.7 Å². The molecule has 3 aromatic rings. The van der Waals surface area contributed by atoms with Crippen LogP contribution in [0.15, 0.2) is 60.7 Å². The number of rotatable bonds is 5. The fourth-order valence-electron chi connectivity index (χ4n) is 4.61. The Bertz CT molecular complexity index is 1010. The van der Waals surface area contributed by atoms with Crippen LogP contribution in [-0.2, 0) is 26.2 Å². The third-order valence-corrected chi connectivity index (χ3v) is 9.94. The minimum absolute atomic E-state index is 0. The molecule has 0 bridgehead atoms. The summed E-state index contributed by atoms with van der Waals surface area (Å²) in [4.78, 5) is 0. The van der Waals surface area contributed by atoms with Gasteiger partial charge in [-0.3, -0.25) is 0 Å². The zero-order chi connectivity index (χ0) is 19.7. The maximum atomic E-state index is 2.43. The smallest absolute Gasteiger partial charge is 1.00 e. The summed E-state index contributed by atoms with van der Waals surface area (Å²) in [7, 11) is -0.981. The van der Waals surface area contributed by atoms with Crippen LogP contribution in [0.4, 0.5) is 0 Å². The number of halogens is 2. The number of hydrogen-bond donors (Lipinski definition) is 0. The summed E-state index contributed by atoms with van der Waals surface area (Å²) in [6.45, 7) is 9.40. The van der Waals surface area contributed by atoms with Crippen molar-refractivity contribution in [3.05, 3.63) is 77.7 Å². The van der Waals surface area contributed by atoms with Crippen LogP contribution in [0, 0.1) is 5.92 Å². The van der Waals surface area contributed by atoms with E-state index in [1.165, 1.54) is 47.6 Å². The molecule has 1 atom stereocenters. The van der Waals surface area contributed by atoms with Gasteiger partial charge in [-0.05, 0) is 17.5 Å². The Morgan fingerprint density at radius 3 is 2.42 bits per heavy atom. The standard InChI is InChI=1S/C16H21.C11H11Si.2ClH.Zr/c1-3-13(2)7-6-9-15-12-11-14-8-4-5-10-16(14)15;1-12(2)10-7-8-5-3-4-6-9(8)11(10)12;;;/h4-5,8,10-12,15H,3,6-7,9H2,1-2H3;3-7H,1-2H3;2*1H;/q2*-1;;;+4/p-2. The van der Waals surface area contributed by atoms with Crippen LogP contribution < -0.4 is 35.2 Å². The molecule has 0 spiro atoms. The molecule has 0 fully saturated rings. The summed E-state index contributed by atoms with van der Waals surface area (Å²) in [6.07, 6.45) is 9.79. The van der Waals surface area contributed by atoms with Crippen LogP contribution >= 0.6 is 0 Å². The van der Waals surface area contributed by atoms with Gasteiger partial charge in [0.15, 0.2) is 0 Å². The number of fused-ring (bicyclic) bond motifs is 4. The first kappa shape index (κ1) is 28.5. The summed E-state index contributed by atoms with van der Waals surface area (Å²) in [5, 5.41) is 6.35. The second kappa shape index (κ2) is 12.1. The van der Waals surface area contributed by atoms with Gasteiger partial charge in [0.2, 0.25) is 0 Å². The number of hydrogen-bond acceptors (Lipinski definition) is 0. The molecule has 162 valence electrons. The minimum Gasteiger partial charge on any atom is -1.00 e. The van der Waals surface area contributed by atoms with E-state index in [9.17, 15) is 0 Å². The molecule has 1 heterocycles. The Balaban J connectivity index is 0.000000290. The van der Waals surface area contributed by atoms with Crippen LogP contribution in [0.3, 0.4) is 0 Å². The van der Waals surface area contributed by atoms with Crippen molar-refractivity contribution in [3.63, 3.8) is 0 Å². The average molecular weight is 547 g/mol. The van der Waals surface area contributed by atoms with Crippen molar-refractivity contribution in [2.45, 2.75) is 58.5 Å². The fourth-order valence-corrected chi connectivity index (χ4v) is 7.98. The van der Waals surface area contributed by atoms with Gasteiger partial charge in [0, 0.05) is 14.0 Å². The van der Waals surface area contributed by atoms with Crippen molar-refractivity contribution in [2.75, 3.05) is 0 Å². The first-order valence-electron chi connectivity index (χ1n) is 10.8. The van der Waals surface area contributed by atoms with Gasteiger partial charge in [-0.1, -0.05) is 68.9 Å². The maximum absolute atomic E-state index is 2.43. The molecule has 0 nitrogen and oxygen atoms in total. The van der Waals surface area contributed by atoms with E-state index in [-0.39, 0.29) is 51.0 Å². The molecule has 3 aromatic carbocycles. The van der Waals surface area contributed by atoms with E-state index in [1.54, 1.807) is 16.3 Å². The second-order valence-electron chi connectivity index (χ2n) is 8.94. The first-order valence-corrected chi connectivity index (χ1v) is 13.8. The topological polar surface area (TPSA) is 0 Å². The minimum atomic E-state index is -0.981. The average Bonchev–Trinajstić information content (AvgIpc) is 3.07. The molecule has 0 N–H and O–H groups in total. The SMILES string of the molecule is CC[C-](C)CCCC1C=Cc2ccccc21.C[Si]1(C)c2[cH-]c3ccccc3c21.[Cl-].[Cl-].[Zr+4]. The molecular formula is C27H32Cl2SiZr. The normalized spacial score (nSPS) is 16.2. The predicted molar refractivity (Wildman–Crippen MR) is 128 cm³/mol. The van der Waals surface area contributed by atoms with Gasteiger partial charge >= 0.3 is 26.2 Å². The Labute approximate surface area is 221 Å². The van der Waals surface area contributed by atoms with Crippen molar-refractivity contribution in [1.29, 1.82) is 0 Å². The molecule has 1 unspecified atom stereocenters. The molecule has 1 aliphatic heterocycles. The molecule has 0 aromatic heterocycles. The van der Waals surface area contributed by atoms with Gasteiger partial charge in [-0.15, -0.1) is 29.7 Å². The monoisotopic (exact) mass is 544 g/mol. The Hall–Kier alpha value is -0.530. The third kappa shape index (κ3) is 6.08. The summed E-state index contributed by atoms with van der Waals surface area (Å²) in [5.74, 6) is 2.30. The van der Waals surface area contributed by atoms with Crippen LogP contribution in [-0.4, -0.2) is 8.07 Å². The van der Waals surface area contributed by atoms with Crippen LogP contribution in [0.5, 0.6) is 0 Å². The van der Waals surface area contributed by atoms with Crippen LogP contribution in [0.1, 0.15) is 56.6 Å². The van der Waals surface area contributed by atoms with Crippen LogP contribution in [0.25, 0.3) is 16.8 Å². The van der Waals surface area contributed by atoms with Gasteiger partial charge in [0.1, 0.15) is 0 Å². The van der Waals surface area contributed by atoms with Gasteiger partial charge in [-0.25, -0.2) is 0 Å². The Morgan fingerprint density at radius 1 is 1.00 bits per heavy atom. The molecule has 31 heavy (non-hydrogen) atoms. The zero-order valence-electron chi connectivity index (χ0n) is 19.0. The molecular weight excluding hydrogens is 515 g/mol. The largest absolute Gasteiger partial charge is 4.00 e. The molecule has 0 radical (unpaired) electrons. The van der Waals surface area contributed by atoms with Crippen LogP contribution in [0.2, 0.25) is 13.1 Å². The van der Waals surface area contributed by atoms with Gasteiger partial charge < -0.3 is 30.7 Å². The first-order chi connectivity index (χ1) is 13.5. The van der Waals surface area contributed by atoms with E-state index in [0.29, 0.717) is 5.92 Å². The van der Waals surface area contributed by atoms with Crippen molar-refractivity contribution in [2.24, 2.45) is 0 Å². The van der Waals surface area contributed by atoms with Crippen molar-refractivity contribution >= 4 is 35.3 Å². The third-order valence-electron chi connectivity index (χ3n) is 6.66. The molecule has 0 saturated heterocycles. The summed E-state index contributed by atoms with van der Waals surface area (Å²) in [6, 6.07) is 19.9. The molecule has 0 saturated carbocycles. The van der Waals surface area contributed by atoms with Crippen molar-refractivity contribution in [3.8, 4) is 0 Å². The van der Waals surface area contributed by atoms with Gasteiger partial charge in [0.25, 0.3) is 0 Å². The second-order valence-corrected chi connectivity index (χ2v) is 13.2. The van der Waals surface area contributed by atoms with Crippen molar-refractivity contribution < 1.29 is 51.0 Å². The summed E-state index contributed by atoms with van der Waals surface area (Å²) in [5.41, 5.74) is 2.94.